The van der Waals surface area contributed by atoms with Gasteiger partial charge in [-0.15, -0.1) is 0 Å². The van der Waals surface area contributed by atoms with Crippen LogP contribution < -0.4 is 0 Å². The zero-order chi connectivity index (χ0) is 20.2. The second-order valence-corrected chi connectivity index (χ2v) is 6.89. The van der Waals surface area contributed by atoms with Gasteiger partial charge in [-0.25, -0.2) is 4.79 Å². The van der Waals surface area contributed by atoms with Crippen molar-refractivity contribution in [3.8, 4) is 28.2 Å². The number of ether oxygens (including phenoxy) is 1. The zero-order valence-electron chi connectivity index (χ0n) is 16.0. The summed E-state index contributed by atoms with van der Waals surface area (Å²) in [7, 11) is 0. The van der Waals surface area contributed by atoms with Gasteiger partial charge in [-0.2, -0.15) is 0 Å². The second kappa shape index (κ2) is 8.38. The summed E-state index contributed by atoms with van der Waals surface area (Å²) in [4.78, 5) is 13.0. The van der Waals surface area contributed by atoms with E-state index in [4.69, 9.17) is 16.3 Å². The fourth-order valence-electron chi connectivity index (χ4n) is 3.49. The highest BCUT2D eigenvalue weighted by atomic mass is 35.5. The van der Waals surface area contributed by atoms with Crippen molar-refractivity contribution in [2.45, 2.75) is 6.92 Å². The smallest absolute Gasteiger partial charge is 0.341 e. The first-order chi connectivity index (χ1) is 14.2. The minimum atomic E-state index is -0.428. The summed E-state index contributed by atoms with van der Waals surface area (Å²) in [6.45, 7) is 2.07. The number of carbonyl (C=O) groups is 1. The van der Waals surface area contributed by atoms with Gasteiger partial charge in [0.2, 0.25) is 0 Å². The maximum absolute atomic E-state index is 13.0. The van der Waals surface area contributed by atoms with Crippen LogP contribution in [-0.2, 0) is 4.74 Å². The Morgan fingerprint density at radius 1 is 0.793 bits per heavy atom. The molecule has 144 valence electrons. The molecule has 0 saturated carbocycles. The first-order valence-corrected chi connectivity index (χ1v) is 9.87. The molecule has 0 saturated heterocycles. The molecule has 0 fully saturated rings. The number of halogens is 1. The Morgan fingerprint density at radius 2 is 1.28 bits per heavy atom. The van der Waals surface area contributed by atoms with Crippen molar-refractivity contribution in [3.63, 3.8) is 0 Å². The number of carbonyl (C=O) groups excluding carboxylic acids is 1. The van der Waals surface area contributed by atoms with Gasteiger partial charge < -0.3 is 9.30 Å². The first kappa shape index (κ1) is 19.0. The molecule has 4 rings (SSSR count). The van der Waals surface area contributed by atoms with E-state index in [0.29, 0.717) is 10.6 Å². The van der Waals surface area contributed by atoms with E-state index in [1.165, 1.54) is 0 Å². The number of hydrogen-bond acceptors (Lipinski definition) is 2. The molecule has 0 bridgehead atoms. The fraction of sp³-hybridized carbons (Fsp3) is 0.0800. The lowest BCUT2D eigenvalue weighted by Gasteiger charge is -2.15. The maximum Gasteiger partial charge on any atom is 0.341 e. The number of aromatic nitrogens is 1. The highest BCUT2D eigenvalue weighted by molar-refractivity contribution is 6.37. The monoisotopic (exact) mass is 401 g/mol. The van der Waals surface area contributed by atoms with E-state index in [1.54, 1.807) is 6.92 Å². The molecule has 0 N–H and O–H groups in total. The van der Waals surface area contributed by atoms with Crippen LogP contribution in [0.3, 0.4) is 0 Å². The lowest BCUT2D eigenvalue weighted by molar-refractivity contribution is 0.0527. The predicted octanol–water partition coefficient (Wildman–Crippen LogP) is 6.64. The number of rotatable bonds is 5. The molecular weight excluding hydrogens is 382 g/mol. The highest BCUT2D eigenvalue weighted by Gasteiger charge is 2.29. The zero-order valence-corrected chi connectivity index (χ0v) is 16.8. The van der Waals surface area contributed by atoms with Crippen molar-refractivity contribution in [1.82, 2.24) is 4.57 Å². The van der Waals surface area contributed by atoms with Crippen molar-refractivity contribution < 1.29 is 9.53 Å². The normalized spacial score (nSPS) is 10.7. The van der Waals surface area contributed by atoms with Crippen LogP contribution in [0.4, 0.5) is 0 Å². The topological polar surface area (TPSA) is 31.2 Å². The fourth-order valence-corrected chi connectivity index (χ4v) is 3.85. The molecule has 0 unspecified atom stereocenters. The Morgan fingerprint density at radius 3 is 1.79 bits per heavy atom. The number of benzene rings is 3. The van der Waals surface area contributed by atoms with Crippen LogP contribution in [0.1, 0.15) is 17.3 Å². The minimum Gasteiger partial charge on any atom is -0.462 e. The molecule has 0 aliphatic heterocycles. The van der Waals surface area contributed by atoms with Gasteiger partial charge in [-0.3, -0.25) is 0 Å². The molecule has 4 aromatic rings. The molecule has 3 nitrogen and oxygen atoms in total. The van der Waals surface area contributed by atoms with Crippen LogP contribution in [0.2, 0.25) is 5.02 Å². The largest absolute Gasteiger partial charge is 0.462 e. The van der Waals surface area contributed by atoms with Crippen LogP contribution in [-0.4, -0.2) is 17.1 Å². The van der Waals surface area contributed by atoms with Crippen molar-refractivity contribution >= 4 is 17.6 Å². The summed E-state index contributed by atoms with van der Waals surface area (Å²) in [6, 6.07) is 29.6. The Labute approximate surface area is 175 Å². The summed E-state index contributed by atoms with van der Waals surface area (Å²) in [5.74, 6) is -0.428. The molecule has 0 amide bonds. The molecule has 4 heteroatoms. The molecule has 0 aliphatic carbocycles. The number of esters is 1. The third kappa shape index (κ3) is 3.57. The van der Waals surface area contributed by atoms with E-state index < -0.39 is 5.97 Å². The molecule has 29 heavy (non-hydrogen) atoms. The Hall–Kier alpha value is -3.30. The quantitative estimate of drug-likeness (QED) is 0.351. The van der Waals surface area contributed by atoms with Crippen molar-refractivity contribution in [2.75, 3.05) is 6.61 Å². The Kier molecular flexibility index (Phi) is 5.50. The van der Waals surface area contributed by atoms with E-state index in [2.05, 4.69) is 0 Å². The number of hydrogen-bond donors (Lipinski definition) is 0. The van der Waals surface area contributed by atoms with Gasteiger partial charge in [0.15, 0.2) is 0 Å². The molecular formula is C25H20ClNO2. The lowest BCUT2D eigenvalue weighted by atomic mass is 10.1. The van der Waals surface area contributed by atoms with Gasteiger partial charge in [0.05, 0.1) is 23.0 Å². The van der Waals surface area contributed by atoms with E-state index >= 15 is 0 Å². The van der Waals surface area contributed by atoms with Crippen LogP contribution in [0, 0.1) is 0 Å². The summed E-state index contributed by atoms with van der Waals surface area (Å²) in [6.07, 6.45) is 0. The molecule has 3 aromatic carbocycles. The summed E-state index contributed by atoms with van der Waals surface area (Å²) >= 11 is 6.88. The predicted molar refractivity (Wildman–Crippen MR) is 118 cm³/mol. The van der Waals surface area contributed by atoms with Crippen LogP contribution in [0.25, 0.3) is 28.2 Å². The van der Waals surface area contributed by atoms with Gasteiger partial charge in [-0.05, 0) is 24.6 Å². The molecule has 0 aliphatic rings. The van der Waals surface area contributed by atoms with Gasteiger partial charge >= 0.3 is 5.97 Å². The van der Waals surface area contributed by atoms with E-state index in [-0.39, 0.29) is 6.61 Å². The van der Waals surface area contributed by atoms with Gasteiger partial charge in [0.1, 0.15) is 5.56 Å². The van der Waals surface area contributed by atoms with Crippen molar-refractivity contribution in [3.05, 3.63) is 102 Å². The van der Waals surface area contributed by atoms with Crippen LogP contribution in [0.15, 0.2) is 91.0 Å². The minimum absolute atomic E-state index is 0.278. The van der Waals surface area contributed by atoms with Crippen LogP contribution in [0.5, 0.6) is 0 Å². The van der Waals surface area contributed by atoms with Gasteiger partial charge in [0, 0.05) is 11.3 Å². The van der Waals surface area contributed by atoms with E-state index in [9.17, 15) is 4.79 Å². The van der Waals surface area contributed by atoms with Gasteiger partial charge in [0.25, 0.3) is 0 Å². The van der Waals surface area contributed by atoms with Crippen LogP contribution >= 0.6 is 11.6 Å². The third-order valence-electron chi connectivity index (χ3n) is 4.70. The summed E-state index contributed by atoms with van der Waals surface area (Å²) in [5.41, 5.74) is 4.60. The highest BCUT2D eigenvalue weighted by Crippen LogP contribution is 2.43. The molecule has 0 spiro atoms. The first-order valence-electron chi connectivity index (χ1n) is 9.50. The lowest BCUT2D eigenvalue weighted by Crippen LogP contribution is -2.07. The standard InChI is InChI=1S/C25H20ClNO2/c1-2-29-25(28)21-22(26)24(19-14-8-4-9-15-19)27(20-16-10-5-11-17-20)23(21)18-12-6-3-7-13-18/h3-17H,2H2,1H3. The van der Waals surface area contributed by atoms with E-state index in [1.807, 2.05) is 95.6 Å². The van der Waals surface area contributed by atoms with Crippen molar-refractivity contribution in [2.24, 2.45) is 0 Å². The Balaban J connectivity index is 2.13. The Bertz CT molecular complexity index is 1120. The summed E-state index contributed by atoms with van der Waals surface area (Å²) in [5, 5.41) is 0.386. The molecule has 0 atom stereocenters. The SMILES string of the molecule is CCOC(=O)c1c(Cl)c(-c2ccccc2)n(-c2ccccc2)c1-c1ccccc1. The maximum atomic E-state index is 13.0. The molecule has 1 aromatic heterocycles. The van der Waals surface area contributed by atoms with Gasteiger partial charge in [-0.1, -0.05) is 90.5 Å². The average molecular weight is 402 g/mol. The van der Waals surface area contributed by atoms with Crippen molar-refractivity contribution in [1.29, 1.82) is 0 Å². The molecule has 0 radical (unpaired) electrons. The number of nitrogens with zero attached hydrogens (tertiary/aromatic N) is 1. The second-order valence-electron chi connectivity index (χ2n) is 6.51. The third-order valence-corrected chi connectivity index (χ3v) is 5.07. The number of para-hydroxylation sites is 1. The molecule has 1 heterocycles. The van der Waals surface area contributed by atoms with E-state index in [0.717, 1.165) is 28.2 Å². The average Bonchev–Trinajstić information content (AvgIpc) is 3.09. The summed E-state index contributed by atoms with van der Waals surface area (Å²) < 4.78 is 7.42.